The second-order valence-electron chi connectivity index (χ2n) is 5.53. The Bertz CT molecular complexity index is 1180. The summed E-state index contributed by atoms with van der Waals surface area (Å²) in [5.74, 6) is 0. The van der Waals surface area contributed by atoms with Crippen LogP contribution in [-0.4, -0.2) is 39.3 Å². The third-order valence-corrected chi connectivity index (χ3v) is 4.03. The first-order valence-corrected chi connectivity index (χ1v) is 7.40. The lowest BCUT2D eigenvalue weighted by molar-refractivity contribution is 0.768. The van der Waals surface area contributed by atoms with Gasteiger partial charge in [0.05, 0.1) is 17.3 Å². The monoisotopic (exact) mass is 316 g/mol. The lowest BCUT2D eigenvalue weighted by Gasteiger charge is -2.04. The van der Waals surface area contributed by atoms with Crippen molar-refractivity contribution < 1.29 is 0 Å². The highest BCUT2D eigenvalue weighted by Crippen LogP contribution is 2.33. The maximum absolute atomic E-state index is 4.48. The van der Waals surface area contributed by atoms with E-state index >= 15 is 0 Å². The Labute approximate surface area is 135 Å². The molecule has 0 aliphatic heterocycles. The van der Waals surface area contributed by atoms with Gasteiger partial charge < -0.3 is 4.98 Å². The van der Waals surface area contributed by atoms with Gasteiger partial charge in [0.1, 0.15) is 18.3 Å². The molecule has 0 saturated carbocycles. The van der Waals surface area contributed by atoms with Crippen molar-refractivity contribution in [2.75, 3.05) is 0 Å². The van der Waals surface area contributed by atoms with Gasteiger partial charge >= 0.3 is 0 Å². The molecular formula is C16H12N8. The van der Waals surface area contributed by atoms with Crippen LogP contribution in [-0.2, 0) is 7.05 Å². The molecule has 5 aromatic rings. The summed E-state index contributed by atoms with van der Waals surface area (Å²) in [6, 6.07) is 3.96. The number of nitrogens with one attached hydrogen (secondary N) is 1. The van der Waals surface area contributed by atoms with E-state index in [2.05, 4.69) is 30.1 Å². The summed E-state index contributed by atoms with van der Waals surface area (Å²) in [4.78, 5) is 16.2. The minimum atomic E-state index is 0.789. The molecule has 5 heterocycles. The van der Waals surface area contributed by atoms with Crippen LogP contribution in [0.15, 0.2) is 49.6 Å². The summed E-state index contributed by atoms with van der Waals surface area (Å²) in [5, 5.41) is 9.41. The van der Waals surface area contributed by atoms with Crippen LogP contribution in [0, 0.1) is 0 Å². The van der Waals surface area contributed by atoms with Crippen LogP contribution in [0.5, 0.6) is 0 Å². The topological polar surface area (TPSA) is 89.6 Å². The Morgan fingerprint density at radius 2 is 1.92 bits per heavy atom. The number of nitrogens with zero attached hydrogens (tertiary/aromatic N) is 7. The second-order valence-corrected chi connectivity index (χ2v) is 5.53. The Kier molecular flexibility index (Phi) is 2.55. The van der Waals surface area contributed by atoms with Crippen molar-refractivity contribution in [3.05, 3.63) is 49.6 Å². The van der Waals surface area contributed by atoms with Gasteiger partial charge in [0, 0.05) is 42.3 Å². The number of hydrogen-bond donors (Lipinski definition) is 1. The molecule has 116 valence electrons. The zero-order valence-corrected chi connectivity index (χ0v) is 12.7. The highest BCUT2D eigenvalue weighted by Gasteiger charge is 2.15. The molecule has 0 aliphatic carbocycles. The van der Waals surface area contributed by atoms with E-state index < -0.39 is 0 Å². The molecular weight excluding hydrogens is 304 g/mol. The van der Waals surface area contributed by atoms with Crippen molar-refractivity contribution in [3.8, 4) is 22.4 Å². The Balaban J connectivity index is 1.79. The molecule has 8 nitrogen and oxygen atoms in total. The van der Waals surface area contributed by atoms with E-state index in [-0.39, 0.29) is 0 Å². The fourth-order valence-electron chi connectivity index (χ4n) is 2.93. The third-order valence-electron chi connectivity index (χ3n) is 4.03. The summed E-state index contributed by atoms with van der Waals surface area (Å²) in [6.07, 6.45) is 10.7. The lowest BCUT2D eigenvalue weighted by atomic mass is 10.0. The number of hydrogen-bond acceptors (Lipinski definition) is 5. The molecule has 0 spiro atoms. The molecule has 8 heteroatoms. The van der Waals surface area contributed by atoms with Gasteiger partial charge in [-0.05, 0) is 12.1 Å². The van der Waals surface area contributed by atoms with E-state index in [0.717, 1.165) is 39.1 Å². The summed E-state index contributed by atoms with van der Waals surface area (Å²) < 4.78 is 3.51. The highest BCUT2D eigenvalue weighted by molar-refractivity contribution is 6.02. The number of aromatic nitrogens is 8. The van der Waals surface area contributed by atoms with E-state index in [4.69, 9.17) is 0 Å². The smallest absolute Gasteiger partial charge is 0.155 e. The maximum Gasteiger partial charge on any atom is 0.155 e. The summed E-state index contributed by atoms with van der Waals surface area (Å²) >= 11 is 0. The molecule has 5 rings (SSSR count). The van der Waals surface area contributed by atoms with Gasteiger partial charge in [0.15, 0.2) is 5.65 Å². The zero-order chi connectivity index (χ0) is 16.1. The average Bonchev–Trinajstić information content (AvgIpc) is 3.32. The van der Waals surface area contributed by atoms with E-state index in [1.165, 1.54) is 0 Å². The maximum atomic E-state index is 4.48. The van der Waals surface area contributed by atoms with Crippen molar-refractivity contribution >= 4 is 16.7 Å². The molecule has 0 unspecified atom stereocenters. The van der Waals surface area contributed by atoms with Gasteiger partial charge in [-0.3, -0.25) is 4.68 Å². The van der Waals surface area contributed by atoms with Crippen LogP contribution < -0.4 is 0 Å². The molecule has 0 aliphatic rings. The van der Waals surface area contributed by atoms with E-state index in [0.29, 0.717) is 0 Å². The third kappa shape index (κ3) is 1.83. The molecule has 0 bridgehead atoms. The van der Waals surface area contributed by atoms with Crippen LogP contribution in [0.25, 0.3) is 39.1 Å². The first kappa shape index (κ1) is 12.9. The SMILES string of the molecule is Cn1cc(-c2ncnc3[nH]cc(-c4ccc5ncnn5c4)c23)cn1. The number of aromatic amines is 1. The van der Waals surface area contributed by atoms with Crippen molar-refractivity contribution in [3.63, 3.8) is 0 Å². The number of H-pyrrole nitrogens is 1. The number of aryl methyl sites for hydroxylation is 1. The Morgan fingerprint density at radius 1 is 0.958 bits per heavy atom. The van der Waals surface area contributed by atoms with Crippen molar-refractivity contribution in [2.24, 2.45) is 7.05 Å². The van der Waals surface area contributed by atoms with Gasteiger partial charge in [-0.1, -0.05) is 0 Å². The van der Waals surface area contributed by atoms with Crippen molar-refractivity contribution in [2.45, 2.75) is 0 Å². The molecule has 0 radical (unpaired) electrons. The van der Waals surface area contributed by atoms with Gasteiger partial charge in [0.25, 0.3) is 0 Å². The molecule has 0 amide bonds. The van der Waals surface area contributed by atoms with E-state index in [1.54, 1.807) is 28.0 Å². The van der Waals surface area contributed by atoms with Gasteiger partial charge in [-0.25, -0.2) is 19.5 Å². The number of pyridine rings is 1. The minimum Gasteiger partial charge on any atom is -0.345 e. The predicted molar refractivity (Wildman–Crippen MR) is 88.1 cm³/mol. The van der Waals surface area contributed by atoms with Gasteiger partial charge in [-0.2, -0.15) is 10.2 Å². The van der Waals surface area contributed by atoms with Crippen molar-refractivity contribution in [1.82, 2.24) is 39.3 Å². The Hall–Kier alpha value is -3.55. The quantitative estimate of drug-likeness (QED) is 0.538. The second kappa shape index (κ2) is 4.72. The normalized spacial score (nSPS) is 11.5. The Morgan fingerprint density at radius 3 is 2.79 bits per heavy atom. The van der Waals surface area contributed by atoms with Crippen LogP contribution in [0.1, 0.15) is 0 Å². The lowest BCUT2D eigenvalue weighted by Crippen LogP contribution is -1.90. The van der Waals surface area contributed by atoms with E-state index in [1.807, 2.05) is 37.8 Å². The molecule has 0 saturated heterocycles. The minimum absolute atomic E-state index is 0.789. The highest BCUT2D eigenvalue weighted by atomic mass is 15.3. The fourth-order valence-corrected chi connectivity index (χ4v) is 2.93. The van der Waals surface area contributed by atoms with Crippen LogP contribution in [0.4, 0.5) is 0 Å². The van der Waals surface area contributed by atoms with Crippen molar-refractivity contribution in [1.29, 1.82) is 0 Å². The van der Waals surface area contributed by atoms with Crippen LogP contribution in [0.2, 0.25) is 0 Å². The summed E-state index contributed by atoms with van der Waals surface area (Å²) in [6.45, 7) is 0. The molecule has 0 atom stereocenters. The summed E-state index contributed by atoms with van der Waals surface area (Å²) in [5.41, 5.74) is 5.43. The number of fused-ring (bicyclic) bond motifs is 2. The van der Waals surface area contributed by atoms with Gasteiger partial charge in [-0.15, -0.1) is 0 Å². The molecule has 0 aromatic carbocycles. The standard InChI is InChI=1S/C16H12N8/c1-23-6-11(4-21-23)15-14-12(5-17-16(14)20-8-19-15)10-2-3-13-18-9-22-24(13)7-10/h2-9H,1H3,(H,17,19,20). The van der Waals surface area contributed by atoms with Gasteiger partial charge in [0.2, 0.25) is 0 Å². The molecule has 5 aromatic heterocycles. The van der Waals surface area contributed by atoms with Crippen LogP contribution in [0.3, 0.4) is 0 Å². The molecule has 0 fully saturated rings. The van der Waals surface area contributed by atoms with E-state index in [9.17, 15) is 0 Å². The fraction of sp³-hybridized carbons (Fsp3) is 0.0625. The van der Waals surface area contributed by atoms with Crippen LogP contribution >= 0.6 is 0 Å². The first-order valence-electron chi connectivity index (χ1n) is 7.40. The first-order chi connectivity index (χ1) is 11.8. The molecule has 1 N–H and O–H groups in total. The average molecular weight is 316 g/mol. The predicted octanol–water partition coefficient (Wildman–Crippen LogP) is 2.07. The zero-order valence-electron chi connectivity index (χ0n) is 12.7. The molecule has 24 heavy (non-hydrogen) atoms. The summed E-state index contributed by atoms with van der Waals surface area (Å²) in [7, 11) is 1.89. The number of rotatable bonds is 2. The largest absolute Gasteiger partial charge is 0.345 e.